The number of nitrogens with zero attached hydrogens (tertiary/aromatic N) is 2. The van der Waals surface area contributed by atoms with Crippen molar-refractivity contribution in [3.63, 3.8) is 0 Å². The molecule has 0 aliphatic carbocycles. The van der Waals surface area contributed by atoms with E-state index in [4.69, 9.17) is 23.2 Å². The van der Waals surface area contributed by atoms with Crippen LogP contribution < -0.4 is 5.32 Å². The Balaban J connectivity index is 1.72. The molecule has 4 aromatic rings. The van der Waals surface area contributed by atoms with Crippen LogP contribution in [0.15, 0.2) is 61.1 Å². The predicted octanol–water partition coefficient (Wildman–Crippen LogP) is 5.06. The number of anilines is 1. The second-order valence-electron chi connectivity index (χ2n) is 6.73. The van der Waals surface area contributed by atoms with Crippen LogP contribution in [0, 0.1) is 5.82 Å². The Labute approximate surface area is 185 Å². The minimum Gasteiger partial charge on any atom is -0.507 e. The SMILES string of the molecule is O=C(Nc1c(Cl)cncc1Cl)C(=O)c1cn(Cc2ccc(F)cc2)c2cccc(O)c12. The van der Waals surface area contributed by atoms with Crippen molar-refractivity contribution in [3.8, 4) is 5.75 Å². The van der Waals surface area contributed by atoms with Gasteiger partial charge in [0.2, 0.25) is 0 Å². The van der Waals surface area contributed by atoms with Crippen LogP contribution in [0.25, 0.3) is 10.9 Å². The average Bonchev–Trinajstić information content (AvgIpc) is 3.11. The van der Waals surface area contributed by atoms with Crippen LogP contribution in [-0.4, -0.2) is 26.3 Å². The van der Waals surface area contributed by atoms with Crippen LogP contribution in [0.2, 0.25) is 10.0 Å². The minimum absolute atomic E-state index is 0.00835. The third-order valence-electron chi connectivity index (χ3n) is 4.69. The van der Waals surface area contributed by atoms with Gasteiger partial charge in [-0.3, -0.25) is 14.6 Å². The standard InChI is InChI=1S/C22H14Cl2FN3O3/c23-15-8-26-9-16(24)20(15)27-22(31)21(30)14-11-28(10-12-4-6-13(25)7-5-12)17-2-1-3-18(29)19(14)17/h1-9,11,29H,10H2,(H,26,27,31). The molecule has 9 heteroatoms. The molecule has 0 saturated heterocycles. The highest BCUT2D eigenvalue weighted by Crippen LogP contribution is 2.32. The maximum absolute atomic E-state index is 13.2. The fourth-order valence-corrected chi connectivity index (χ4v) is 3.71. The highest BCUT2D eigenvalue weighted by Gasteiger charge is 2.25. The molecule has 2 heterocycles. The highest BCUT2D eigenvalue weighted by atomic mass is 35.5. The number of amides is 1. The zero-order valence-electron chi connectivity index (χ0n) is 15.8. The summed E-state index contributed by atoms with van der Waals surface area (Å²) in [6, 6.07) is 10.7. The molecule has 0 bridgehead atoms. The van der Waals surface area contributed by atoms with E-state index in [0.29, 0.717) is 12.1 Å². The number of aromatic hydroxyl groups is 1. The second kappa shape index (κ2) is 8.37. The number of nitrogens with one attached hydrogen (secondary N) is 1. The van der Waals surface area contributed by atoms with Crippen LogP contribution in [0.3, 0.4) is 0 Å². The van der Waals surface area contributed by atoms with Crippen molar-refractivity contribution in [1.82, 2.24) is 9.55 Å². The largest absolute Gasteiger partial charge is 0.507 e. The third-order valence-corrected chi connectivity index (χ3v) is 5.27. The normalized spacial score (nSPS) is 10.9. The van der Waals surface area contributed by atoms with Crippen LogP contribution in [0.4, 0.5) is 10.1 Å². The van der Waals surface area contributed by atoms with E-state index < -0.39 is 11.7 Å². The number of fused-ring (bicyclic) bond motifs is 1. The smallest absolute Gasteiger partial charge is 0.296 e. The monoisotopic (exact) mass is 457 g/mol. The van der Waals surface area contributed by atoms with E-state index in [0.717, 1.165) is 5.56 Å². The lowest BCUT2D eigenvalue weighted by Crippen LogP contribution is -2.23. The molecule has 0 fully saturated rings. The van der Waals surface area contributed by atoms with Gasteiger partial charge in [0, 0.05) is 25.1 Å². The number of Topliss-reactive ketones (excluding diaryl/α,β-unsaturated/α-hetero) is 1. The summed E-state index contributed by atoms with van der Waals surface area (Å²) in [7, 11) is 0. The van der Waals surface area contributed by atoms with Crippen molar-refractivity contribution >= 4 is 51.5 Å². The molecular formula is C22H14Cl2FN3O3. The summed E-state index contributed by atoms with van der Waals surface area (Å²) in [5, 5.41) is 13.2. The molecule has 156 valence electrons. The van der Waals surface area contributed by atoms with Crippen molar-refractivity contribution in [2.24, 2.45) is 0 Å². The van der Waals surface area contributed by atoms with Crippen LogP contribution in [-0.2, 0) is 11.3 Å². The zero-order chi connectivity index (χ0) is 22.1. The number of rotatable bonds is 5. The lowest BCUT2D eigenvalue weighted by Gasteiger charge is -2.07. The Hall–Kier alpha value is -3.42. The van der Waals surface area contributed by atoms with Gasteiger partial charge in [0.05, 0.1) is 32.2 Å². The van der Waals surface area contributed by atoms with Gasteiger partial charge in [0.15, 0.2) is 0 Å². The van der Waals surface area contributed by atoms with Gasteiger partial charge in [-0.05, 0) is 29.8 Å². The second-order valence-corrected chi connectivity index (χ2v) is 7.54. The first-order chi connectivity index (χ1) is 14.8. The lowest BCUT2D eigenvalue weighted by atomic mass is 10.1. The Kier molecular flexibility index (Phi) is 5.63. The molecular weight excluding hydrogens is 444 g/mol. The molecule has 6 nitrogen and oxygen atoms in total. The van der Waals surface area contributed by atoms with Gasteiger partial charge in [0.1, 0.15) is 11.6 Å². The number of ketones is 1. The molecule has 0 saturated carbocycles. The predicted molar refractivity (Wildman–Crippen MR) is 116 cm³/mol. The topological polar surface area (TPSA) is 84.2 Å². The fraction of sp³-hybridized carbons (Fsp3) is 0.0455. The van der Waals surface area contributed by atoms with Gasteiger partial charge >= 0.3 is 0 Å². The van der Waals surface area contributed by atoms with E-state index in [-0.39, 0.29) is 38.2 Å². The molecule has 31 heavy (non-hydrogen) atoms. The summed E-state index contributed by atoms with van der Waals surface area (Å²) in [6.45, 7) is 0.303. The summed E-state index contributed by atoms with van der Waals surface area (Å²) >= 11 is 12.0. The van der Waals surface area contributed by atoms with E-state index >= 15 is 0 Å². The van der Waals surface area contributed by atoms with E-state index in [2.05, 4.69) is 10.3 Å². The Morgan fingerprint density at radius 1 is 1.06 bits per heavy atom. The maximum Gasteiger partial charge on any atom is 0.296 e. The molecule has 0 atom stereocenters. The number of phenols is 1. The van der Waals surface area contributed by atoms with Crippen molar-refractivity contribution in [2.75, 3.05) is 5.32 Å². The summed E-state index contributed by atoms with van der Waals surface area (Å²) in [4.78, 5) is 29.4. The third kappa shape index (κ3) is 4.10. The quantitative estimate of drug-likeness (QED) is 0.324. The molecule has 0 spiro atoms. The number of hydrogen-bond donors (Lipinski definition) is 2. The van der Waals surface area contributed by atoms with Crippen molar-refractivity contribution in [3.05, 3.63) is 88.0 Å². The molecule has 2 N–H and O–H groups in total. The Bertz CT molecular complexity index is 1300. The van der Waals surface area contributed by atoms with Gasteiger partial charge in [-0.15, -0.1) is 0 Å². The van der Waals surface area contributed by atoms with Crippen molar-refractivity contribution in [2.45, 2.75) is 6.54 Å². The maximum atomic E-state index is 13.2. The number of pyridine rings is 1. The first-order valence-corrected chi connectivity index (χ1v) is 9.80. The zero-order valence-corrected chi connectivity index (χ0v) is 17.3. The summed E-state index contributed by atoms with van der Waals surface area (Å²) < 4.78 is 14.9. The van der Waals surface area contributed by atoms with Gasteiger partial charge < -0.3 is 15.0 Å². The van der Waals surface area contributed by atoms with E-state index in [1.807, 2.05) is 0 Å². The van der Waals surface area contributed by atoms with Gasteiger partial charge in [-0.1, -0.05) is 41.4 Å². The highest BCUT2D eigenvalue weighted by molar-refractivity contribution is 6.50. The van der Waals surface area contributed by atoms with Crippen LogP contribution >= 0.6 is 23.2 Å². The summed E-state index contributed by atoms with van der Waals surface area (Å²) in [5.74, 6) is -2.36. The Morgan fingerprint density at radius 2 is 1.74 bits per heavy atom. The number of benzene rings is 2. The molecule has 0 unspecified atom stereocenters. The molecule has 2 aromatic carbocycles. The first kappa shape index (κ1) is 20.8. The molecule has 0 radical (unpaired) electrons. The van der Waals surface area contributed by atoms with E-state index in [9.17, 15) is 19.1 Å². The average molecular weight is 458 g/mol. The number of phenolic OH excluding ortho intramolecular Hbond substituents is 1. The van der Waals surface area contributed by atoms with E-state index in [1.165, 1.54) is 36.8 Å². The Morgan fingerprint density at radius 3 is 2.42 bits per heavy atom. The number of hydrogen-bond acceptors (Lipinski definition) is 4. The van der Waals surface area contributed by atoms with Gasteiger partial charge in [-0.25, -0.2) is 4.39 Å². The summed E-state index contributed by atoms with van der Waals surface area (Å²) in [6.07, 6.45) is 4.05. The minimum atomic E-state index is -0.973. The number of aromatic nitrogens is 2. The van der Waals surface area contributed by atoms with E-state index in [1.54, 1.807) is 28.8 Å². The first-order valence-electron chi connectivity index (χ1n) is 9.05. The lowest BCUT2D eigenvalue weighted by molar-refractivity contribution is -0.112. The molecule has 0 aliphatic rings. The fourth-order valence-electron chi connectivity index (χ4n) is 3.25. The molecule has 4 rings (SSSR count). The van der Waals surface area contributed by atoms with Gasteiger partial charge in [0.25, 0.3) is 11.7 Å². The van der Waals surface area contributed by atoms with Crippen molar-refractivity contribution < 1.29 is 19.1 Å². The number of carbonyl (C=O) groups excluding carboxylic acids is 2. The van der Waals surface area contributed by atoms with Gasteiger partial charge in [-0.2, -0.15) is 0 Å². The summed E-state index contributed by atoms with van der Waals surface area (Å²) in [5.41, 5.74) is 1.39. The van der Waals surface area contributed by atoms with Crippen LogP contribution in [0.5, 0.6) is 5.75 Å². The van der Waals surface area contributed by atoms with Crippen molar-refractivity contribution in [1.29, 1.82) is 0 Å². The molecule has 2 aromatic heterocycles. The molecule has 0 aliphatic heterocycles. The number of carbonyl (C=O) groups is 2. The molecule has 1 amide bonds. The van der Waals surface area contributed by atoms with Crippen LogP contribution in [0.1, 0.15) is 15.9 Å². The number of halogens is 3.